The second-order valence-corrected chi connectivity index (χ2v) is 6.48. The smallest absolute Gasteiger partial charge is 0.363 e. The first-order valence-corrected chi connectivity index (χ1v) is 8.18. The molecule has 0 radical (unpaired) electrons. The number of esters is 1. The normalized spacial score (nSPS) is 15.4. The number of thiazole rings is 1. The minimum absolute atomic E-state index is 0.184. The molecule has 24 heavy (non-hydrogen) atoms. The van der Waals surface area contributed by atoms with Gasteiger partial charge in [-0.3, -0.25) is 0 Å². The lowest BCUT2D eigenvalue weighted by Gasteiger charge is -2.04. The Morgan fingerprint density at radius 1 is 1.38 bits per heavy atom. The molecule has 124 valence electrons. The van der Waals surface area contributed by atoms with Crippen LogP contribution in [-0.2, 0) is 9.53 Å². The number of rotatable bonds is 4. The van der Waals surface area contributed by atoms with E-state index in [4.69, 9.17) is 21.1 Å². The van der Waals surface area contributed by atoms with Gasteiger partial charge in [-0.15, -0.1) is 0 Å². The molecule has 0 bridgehead atoms. The Morgan fingerprint density at radius 2 is 2.17 bits per heavy atom. The third kappa shape index (κ3) is 3.27. The van der Waals surface area contributed by atoms with E-state index >= 15 is 0 Å². The molecule has 8 heteroatoms. The van der Waals surface area contributed by atoms with Crippen LogP contribution in [0.1, 0.15) is 10.4 Å². The number of hydrogen-bond acceptors (Lipinski definition) is 7. The highest BCUT2D eigenvalue weighted by atomic mass is 35.5. The summed E-state index contributed by atoms with van der Waals surface area (Å²) in [7, 11) is 5.31. The maximum Gasteiger partial charge on any atom is 0.363 e. The number of ether oxygens (including phenoxy) is 2. The lowest BCUT2D eigenvalue weighted by atomic mass is 10.2. The van der Waals surface area contributed by atoms with Crippen molar-refractivity contribution < 1.29 is 14.3 Å². The zero-order valence-electron chi connectivity index (χ0n) is 13.2. The molecule has 1 aliphatic rings. The molecule has 0 fully saturated rings. The van der Waals surface area contributed by atoms with Crippen LogP contribution in [-0.4, -0.2) is 38.1 Å². The average Bonchev–Trinajstić information content (AvgIpc) is 3.12. The maximum absolute atomic E-state index is 12.1. The van der Waals surface area contributed by atoms with Crippen molar-refractivity contribution in [3.63, 3.8) is 0 Å². The number of halogens is 1. The molecule has 1 aromatic heterocycles. The molecule has 0 saturated heterocycles. The summed E-state index contributed by atoms with van der Waals surface area (Å²) in [6, 6.07) is 7.15. The van der Waals surface area contributed by atoms with Gasteiger partial charge >= 0.3 is 5.97 Å². The highest BCUT2D eigenvalue weighted by molar-refractivity contribution is 7.17. The van der Waals surface area contributed by atoms with E-state index in [2.05, 4.69) is 9.98 Å². The van der Waals surface area contributed by atoms with Crippen LogP contribution in [0.25, 0.3) is 6.08 Å². The van der Waals surface area contributed by atoms with Crippen LogP contribution in [0.15, 0.2) is 35.0 Å². The quantitative estimate of drug-likeness (QED) is 0.616. The van der Waals surface area contributed by atoms with Crippen LogP contribution in [0.2, 0.25) is 5.15 Å². The van der Waals surface area contributed by atoms with Gasteiger partial charge < -0.3 is 14.4 Å². The number of aromatic nitrogens is 1. The Kier molecular flexibility index (Phi) is 4.55. The Balaban J connectivity index is 1.94. The number of carbonyl (C=O) groups excluding carboxylic acids is 1. The molecular weight excluding hydrogens is 350 g/mol. The number of carbonyl (C=O) groups is 1. The van der Waals surface area contributed by atoms with Crippen LogP contribution >= 0.6 is 22.9 Å². The van der Waals surface area contributed by atoms with Gasteiger partial charge in [-0.1, -0.05) is 29.0 Å². The fraction of sp³-hybridized carbons (Fsp3) is 0.188. The zero-order valence-corrected chi connectivity index (χ0v) is 14.8. The summed E-state index contributed by atoms with van der Waals surface area (Å²) >= 11 is 7.49. The molecule has 0 N–H and O–H groups in total. The predicted molar refractivity (Wildman–Crippen MR) is 95.1 cm³/mol. The second kappa shape index (κ2) is 6.62. The van der Waals surface area contributed by atoms with Crippen molar-refractivity contribution in [1.29, 1.82) is 0 Å². The monoisotopic (exact) mass is 363 g/mol. The minimum Gasteiger partial charge on any atom is -0.497 e. The van der Waals surface area contributed by atoms with E-state index in [0.29, 0.717) is 21.3 Å². The summed E-state index contributed by atoms with van der Waals surface area (Å²) in [5, 5.41) is 1.07. The van der Waals surface area contributed by atoms with Gasteiger partial charge in [0, 0.05) is 19.7 Å². The third-order valence-corrected chi connectivity index (χ3v) is 4.76. The van der Waals surface area contributed by atoms with E-state index in [1.807, 2.05) is 19.0 Å². The predicted octanol–water partition coefficient (Wildman–Crippen LogP) is 3.22. The average molecular weight is 364 g/mol. The molecule has 0 aliphatic carbocycles. The van der Waals surface area contributed by atoms with Crippen molar-refractivity contribution in [2.75, 3.05) is 26.1 Å². The lowest BCUT2D eigenvalue weighted by molar-refractivity contribution is -0.129. The van der Waals surface area contributed by atoms with Crippen molar-refractivity contribution in [2.24, 2.45) is 4.99 Å². The number of methoxy groups -OCH3 is 1. The fourth-order valence-electron chi connectivity index (χ4n) is 2.00. The van der Waals surface area contributed by atoms with Crippen LogP contribution in [0, 0.1) is 0 Å². The molecule has 0 unspecified atom stereocenters. The number of anilines is 1. The van der Waals surface area contributed by atoms with Crippen LogP contribution in [0.4, 0.5) is 5.13 Å². The van der Waals surface area contributed by atoms with Gasteiger partial charge in [0.2, 0.25) is 5.90 Å². The van der Waals surface area contributed by atoms with Crippen molar-refractivity contribution in [3.8, 4) is 5.75 Å². The molecule has 2 aromatic rings. The van der Waals surface area contributed by atoms with Gasteiger partial charge in [0.1, 0.15) is 10.9 Å². The van der Waals surface area contributed by atoms with Crippen LogP contribution in [0.3, 0.4) is 0 Å². The molecular formula is C16H14ClN3O3S. The number of aliphatic imine (C=N–C) groups is 1. The summed E-state index contributed by atoms with van der Waals surface area (Å²) in [6.07, 6.45) is 1.59. The topological polar surface area (TPSA) is 64.0 Å². The zero-order chi connectivity index (χ0) is 17.3. The van der Waals surface area contributed by atoms with Crippen molar-refractivity contribution in [2.45, 2.75) is 0 Å². The van der Waals surface area contributed by atoms with E-state index in [-0.39, 0.29) is 11.6 Å². The Morgan fingerprint density at radius 3 is 2.83 bits per heavy atom. The lowest BCUT2D eigenvalue weighted by Crippen LogP contribution is -2.07. The van der Waals surface area contributed by atoms with Crippen molar-refractivity contribution >= 4 is 46.0 Å². The van der Waals surface area contributed by atoms with Crippen molar-refractivity contribution in [1.82, 2.24) is 4.98 Å². The highest BCUT2D eigenvalue weighted by Gasteiger charge is 2.25. The van der Waals surface area contributed by atoms with E-state index in [1.165, 1.54) is 11.3 Å². The number of benzene rings is 1. The third-order valence-electron chi connectivity index (χ3n) is 3.19. The van der Waals surface area contributed by atoms with E-state index < -0.39 is 5.97 Å². The van der Waals surface area contributed by atoms with E-state index in [0.717, 1.165) is 5.13 Å². The summed E-state index contributed by atoms with van der Waals surface area (Å²) in [4.78, 5) is 23.1. The molecule has 1 aromatic carbocycles. The molecule has 3 rings (SSSR count). The fourth-order valence-corrected chi connectivity index (χ4v) is 3.11. The molecule has 1 aliphatic heterocycles. The molecule has 6 nitrogen and oxygen atoms in total. The Bertz CT molecular complexity index is 858. The highest BCUT2D eigenvalue weighted by Crippen LogP contribution is 2.31. The van der Waals surface area contributed by atoms with Gasteiger partial charge in [0.25, 0.3) is 0 Å². The molecule has 2 heterocycles. The molecule has 0 atom stereocenters. The number of cyclic esters (lactones) is 1. The largest absolute Gasteiger partial charge is 0.497 e. The van der Waals surface area contributed by atoms with Gasteiger partial charge in [0.15, 0.2) is 10.8 Å². The summed E-state index contributed by atoms with van der Waals surface area (Å²) in [5.41, 5.74) is 0.846. The van der Waals surface area contributed by atoms with Gasteiger partial charge in [-0.25, -0.2) is 14.8 Å². The van der Waals surface area contributed by atoms with Gasteiger partial charge in [0.05, 0.1) is 12.0 Å². The second-order valence-electron chi connectivity index (χ2n) is 5.11. The van der Waals surface area contributed by atoms with Gasteiger partial charge in [-0.2, -0.15) is 0 Å². The first-order chi connectivity index (χ1) is 11.5. The summed E-state index contributed by atoms with van der Waals surface area (Å²) in [5.74, 6) is 0.368. The molecule has 0 amide bonds. The first kappa shape index (κ1) is 16.5. The Hall–Kier alpha value is -2.38. The van der Waals surface area contributed by atoms with E-state index in [1.54, 1.807) is 37.5 Å². The molecule has 0 spiro atoms. The van der Waals surface area contributed by atoms with Crippen molar-refractivity contribution in [3.05, 3.63) is 45.6 Å². The van der Waals surface area contributed by atoms with E-state index in [9.17, 15) is 4.79 Å². The SMILES string of the molecule is COc1cccc(C2=NC(=Cc3sc(N(C)C)nc3Cl)C(=O)O2)c1. The number of hydrogen-bond donors (Lipinski definition) is 0. The maximum atomic E-state index is 12.1. The number of nitrogens with zero attached hydrogens (tertiary/aromatic N) is 3. The van der Waals surface area contributed by atoms with Crippen LogP contribution in [0.5, 0.6) is 5.75 Å². The molecule has 0 saturated carbocycles. The summed E-state index contributed by atoms with van der Waals surface area (Å²) < 4.78 is 10.4. The first-order valence-electron chi connectivity index (χ1n) is 6.98. The Labute approximate surface area is 148 Å². The standard InChI is InChI=1S/C16H14ClN3O3S/c1-20(2)16-19-13(17)12(24-16)8-11-15(21)23-14(18-11)9-5-4-6-10(7-9)22-3/h4-8H,1-3H3. The summed E-state index contributed by atoms with van der Waals surface area (Å²) in [6.45, 7) is 0. The van der Waals surface area contributed by atoms with Crippen LogP contribution < -0.4 is 9.64 Å². The minimum atomic E-state index is -0.524. The van der Waals surface area contributed by atoms with Gasteiger partial charge in [-0.05, 0) is 24.3 Å².